The number of benzene rings is 1. The summed E-state index contributed by atoms with van der Waals surface area (Å²) in [6.45, 7) is 3.89. The quantitative estimate of drug-likeness (QED) is 0.553. The summed E-state index contributed by atoms with van der Waals surface area (Å²) in [4.78, 5) is 18.5. The van der Waals surface area contributed by atoms with Crippen molar-refractivity contribution in [2.45, 2.75) is 38.5 Å². The zero-order valence-corrected chi connectivity index (χ0v) is 17.4. The van der Waals surface area contributed by atoms with Gasteiger partial charge < -0.3 is 19.6 Å². The van der Waals surface area contributed by atoms with Gasteiger partial charge in [0.1, 0.15) is 0 Å². The van der Waals surface area contributed by atoms with E-state index in [0.29, 0.717) is 23.6 Å². The fourth-order valence-corrected chi connectivity index (χ4v) is 3.81. The van der Waals surface area contributed by atoms with E-state index in [2.05, 4.69) is 30.3 Å². The number of hydrogen-bond donors (Lipinski definition) is 2. The van der Waals surface area contributed by atoms with E-state index in [-0.39, 0.29) is 5.75 Å². The minimum atomic E-state index is 0.0948. The number of anilines is 3. The van der Waals surface area contributed by atoms with Crippen LogP contribution in [0.5, 0.6) is 11.5 Å². The third-order valence-corrected chi connectivity index (χ3v) is 5.47. The number of hydrazone groups is 1. The number of aromatic hydroxyl groups is 1. The van der Waals surface area contributed by atoms with Gasteiger partial charge in [-0.3, -0.25) is 0 Å². The Morgan fingerprint density at radius 2 is 1.53 bits per heavy atom. The molecule has 30 heavy (non-hydrogen) atoms. The SMILES string of the molecule is COc1cc(C=NNc2nc(N3CCCCC3)nc(N3CCCCC3)n2)ccc1O. The molecule has 2 saturated heterocycles. The van der Waals surface area contributed by atoms with E-state index in [1.807, 2.05) is 0 Å². The van der Waals surface area contributed by atoms with Gasteiger partial charge in [-0.1, -0.05) is 0 Å². The van der Waals surface area contributed by atoms with Gasteiger partial charge in [-0.2, -0.15) is 20.1 Å². The molecule has 0 atom stereocenters. The first-order valence-corrected chi connectivity index (χ1v) is 10.6. The monoisotopic (exact) mass is 411 g/mol. The van der Waals surface area contributed by atoms with Crippen molar-refractivity contribution >= 4 is 24.1 Å². The number of piperidine rings is 2. The van der Waals surface area contributed by atoms with Gasteiger partial charge in [-0.05, 0) is 62.3 Å². The number of hydrogen-bond acceptors (Lipinski definition) is 9. The average Bonchev–Trinajstić information content (AvgIpc) is 2.81. The first kappa shape index (κ1) is 20.2. The van der Waals surface area contributed by atoms with E-state index in [1.165, 1.54) is 20.0 Å². The van der Waals surface area contributed by atoms with Crippen LogP contribution in [0.25, 0.3) is 0 Å². The van der Waals surface area contributed by atoms with Gasteiger partial charge in [0.2, 0.25) is 17.8 Å². The number of nitrogens with zero attached hydrogens (tertiary/aromatic N) is 6. The number of nitrogens with one attached hydrogen (secondary N) is 1. The fraction of sp³-hybridized carbons (Fsp3) is 0.524. The van der Waals surface area contributed by atoms with Crippen LogP contribution in [-0.2, 0) is 0 Å². The molecule has 2 fully saturated rings. The van der Waals surface area contributed by atoms with E-state index in [9.17, 15) is 5.11 Å². The van der Waals surface area contributed by atoms with Crippen molar-refractivity contribution in [2.24, 2.45) is 5.10 Å². The van der Waals surface area contributed by atoms with Crippen LogP contribution in [0.1, 0.15) is 44.1 Å². The minimum Gasteiger partial charge on any atom is -0.504 e. The van der Waals surface area contributed by atoms with Gasteiger partial charge in [0, 0.05) is 26.2 Å². The molecule has 1 aromatic carbocycles. The molecule has 9 heteroatoms. The lowest BCUT2D eigenvalue weighted by molar-refractivity contribution is 0.373. The number of phenolic OH excluding ortho intramolecular Hbond substituents is 1. The molecule has 0 radical (unpaired) electrons. The Morgan fingerprint density at radius 3 is 2.10 bits per heavy atom. The molecule has 0 amide bonds. The van der Waals surface area contributed by atoms with Crippen LogP contribution in [-0.4, -0.2) is 59.6 Å². The maximum atomic E-state index is 9.73. The molecule has 2 aliphatic heterocycles. The molecule has 0 spiro atoms. The smallest absolute Gasteiger partial charge is 0.250 e. The molecular formula is C21H29N7O2. The van der Waals surface area contributed by atoms with Gasteiger partial charge in [-0.15, -0.1) is 0 Å². The van der Waals surface area contributed by atoms with E-state index < -0.39 is 0 Å². The predicted octanol–water partition coefficient (Wildman–Crippen LogP) is 3.01. The molecule has 0 aliphatic carbocycles. The van der Waals surface area contributed by atoms with Crippen LogP contribution in [0.2, 0.25) is 0 Å². The highest BCUT2D eigenvalue weighted by Gasteiger charge is 2.20. The van der Waals surface area contributed by atoms with Crippen molar-refractivity contribution in [1.82, 2.24) is 15.0 Å². The Kier molecular flexibility index (Phi) is 6.46. The Labute approximate surface area is 176 Å². The summed E-state index contributed by atoms with van der Waals surface area (Å²) >= 11 is 0. The maximum absolute atomic E-state index is 9.73. The fourth-order valence-electron chi connectivity index (χ4n) is 3.81. The molecule has 0 bridgehead atoms. The van der Waals surface area contributed by atoms with Crippen LogP contribution in [0.3, 0.4) is 0 Å². The molecule has 0 saturated carbocycles. The second kappa shape index (κ2) is 9.60. The summed E-state index contributed by atoms with van der Waals surface area (Å²) in [7, 11) is 1.52. The number of rotatable bonds is 6. The van der Waals surface area contributed by atoms with Gasteiger partial charge in [0.05, 0.1) is 13.3 Å². The first-order chi connectivity index (χ1) is 14.7. The van der Waals surface area contributed by atoms with Crippen LogP contribution in [0, 0.1) is 0 Å². The second-order valence-corrected chi connectivity index (χ2v) is 7.66. The maximum Gasteiger partial charge on any atom is 0.250 e. The van der Waals surface area contributed by atoms with Crippen molar-refractivity contribution in [3.63, 3.8) is 0 Å². The first-order valence-electron chi connectivity index (χ1n) is 10.6. The van der Waals surface area contributed by atoms with Crippen LogP contribution in [0.15, 0.2) is 23.3 Å². The number of ether oxygens (including phenoxy) is 1. The topological polar surface area (TPSA) is 99.0 Å². The van der Waals surface area contributed by atoms with Crippen LogP contribution in [0.4, 0.5) is 17.8 Å². The number of phenols is 1. The Morgan fingerprint density at radius 1 is 0.933 bits per heavy atom. The number of methoxy groups -OCH3 is 1. The zero-order valence-electron chi connectivity index (χ0n) is 17.4. The van der Waals surface area contributed by atoms with Gasteiger partial charge in [-0.25, -0.2) is 5.43 Å². The predicted molar refractivity (Wildman–Crippen MR) is 118 cm³/mol. The molecular weight excluding hydrogens is 382 g/mol. The standard InChI is InChI=1S/C21H29N7O2/c1-30-18-14-16(8-9-17(18)29)15-22-26-19-23-20(27-10-4-2-5-11-27)25-21(24-19)28-12-6-3-7-13-28/h8-9,14-15,29H,2-7,10-13H2,1H3,(H,23,24,25,26). The van der Waals surface area contributed by atoms with E-state index in [0.717, 1.165) is 57.4 Å². The second-order valence-electron chi connectivity index (χ2n) is 7.66. The molecule has 2 N–H and O–H groups in total. The summed E-state index contributed by atoms with van der Waals surface area (Å²) in [5.74, 6) is 2.37. The Balaban J connectivity index is 1.54. The van der Waals surface area contributed by atoms with Crippen LogP contribution < -0.4 is 20.0 Å². The molecule has 9 nitrogen and oxygen atoms in total. The molecule has 4 rings (SSSR count). The van der Waals surface area contributed by atoms with Gasteiger partial charge >= 0.3 is 0 Å². The summed E-state index contributed by atoms with van der Waals surface area (Å²) in [6.07, 6.45) is 8.80. The molecule has 2 aliphatic rings. The normalized spacial score (nSPS) is 17.4. The van der Waals surface area contributed by atoms with Crippen molar-refractivity contribution in [3.05, 3.63) is 23.8 Å². The van der Waals surface area contributed by atoms with E-state index in [4.69, 9.17) is 9.72 Å². The zero-order chi connectivity index (χ0) is 20.8. The third kappa shape index (κ3) is 4.90. The van der Waals surface area contributed by atoms with Gasteiger partial charge in [0.25, 0.3) is 0 Å². The van der Waals surface area contributed by atoms with Crippen molar-refractivity contribution in [2.75, 3.05) is 48.5 Å². The lowest BCUT2D eigenvalue weighted by atomic mass is 10.1. The Hall–Kier alpha value is -3.10. The van der Waals surface area contributed by atoms with Gasteiger partial charge in [0.15, 0.2) is 11.5 Å². The lowest BCUT2D eigenvalue weighted by Gasteiger charge is -2.30. The van der Waals surface area contributed by atoms with E-state index in [1.54, 1.807) is 24.4 Å². The molecule has 0 unspecified atom stereocenters. The summed E-state index contributed by atoms with van der Waals surface area (Å²) in [5.41, 5.74) is 3.75. The van der Waals surface area contributed by atoms with Crippen LogP contribution >= 0.6 is 0 Å². The average molecular weight is 412 g/mol. The third-order valence-electron chi connectivity index (χ3n) is 5.47. The molecule has 1 aromatic heterocycles. The summed E-state index contributed by atoms with van der Waals surface area (Å²) < 4.78 is 5.14. The minimum absolute atomic E-state index is 0.0948. The van der Waals surface area contributed by atoms with E-state index >= 15 is 0 Å². The summed E-state index contributed by atoms with van der Waals surface area (Å²) in [6, 6.07) is 5.05. The Bertz CT molecular complexity index is 841. The molecule has 2 aromatic rings. The van der Waals surface area contributed by atoms with Crippen molar-refractivity contribution in [1.29, 1.82) is 0 Å². The molecule has 160 valence electrons. The highest BCUT2D eigenvalue weighted by atomic mass is 16.5. The summed E-state index contributed by atoms with van der Waals surface area (Å²) in [5, 5.41) is 14.0. The van der Waals surface area contributed by atoms with Crippen molar-refractivity contribution in [3.8, 4) is 11.5 Å². The molecule has 3 heterocycles. The van der Waals surface area contributed by atoms with Crippen molar-refractivity contribution < 1.29 is 9.84 Å². The highest BCUT2D eigenvalue weighted by molar-refractivity contribution is 5.81. The lowest BCUT2D eigenvalue weighted by Crippen LogP contribution is -2.34. The largest absolute Gasteiger partial charge is 0.504 e. The highest BCUT2D eigenvalue weighted by Crippen LogP contribution is 2.26. The number of aromatic nitrogens is 3.